The molecule has 110 valence electrons. The van der Waals surface area contributed by atoms with Gasteiger partial charge in [-0.05, 0) is 19.1 Å². The average molecular weight is 294 g/mol. The molecule has 6 nitrogen and oxygen atoms in total. The maximum Gasteiger partial charge on any atom is 0.253 e. The molecule has 2 heterocycles. The Morgan fingerprint density at radius 1 is 1.18 bits per heavy atom. The summed E-state index contributed by atoms with van der Waals surface area (Å²) < 4.78 is 5.23. The molecule has 1 N–H and O–H groups in total. The topological polar surface area (TPSA) is 80.9 Å². The van der Waals surface area contributed by atoms with Crippen LogP contribution >= 0.6 is 0 Å². The number of hydrogen-bond donors (Lipinski definition) is 1. The lowest BCUT2D eigenvalue weighted by Crippen LogP contribution is -2.26. The van der Waals surface area contributed by atoms with Crippen LogP contribution in [0.4, 0.5) is 0 Å². The second kappa shape index (κ2) is 6.17. The van der Waals surface area contributed by atoms with Crippen molar-refractivity contribution >= 4 is 5.91 Å². The van der Waals surface area contributed by atoms with Gasteiger partial charge in [-0.3, -0.25) is 9.78 Å². The lowest BCUT2D eigenvalue weighted by atomic mass is 10.2. The van der Waals surface area contributed by atoms with Gasteiger partial charge in [-0.1, -0.05) is 35.5 Å². The standard InChI is InChI=1S/C16H14N4O2/c1-11(18-15(21)13-8-5-9-17-10-13)16-19-14(20-22-16)12-6-3-2-4-7-12/h2-11H,1H3,(H,18,21). The summed E-state index contributed by atoms with van der Waals surface area (Å²) in [5, 5.41) is 6.74. The summed E-state index contributed by atoms with van der Waals surface area (Å²) in [6.07, 6.45) is 3.12. The van der Waals surface area contributed by atoms with Crippen LogP contribution in [0.1, 0.15) is 29.2 Å². The van der Waals surface area contributed by atoms with E-state index in [9.17, 15) is 4.79 Å². The zero-order valence-electron chi connectivity index (χ0n) is 11.9. The summed E-state index contributed by atoms with van der Waals surface area (Å²) in [5.74, 6) is 0.620. The monoisotopic (exact) mass is 294 g/mol. The summed E-state index contributed by atoms with van der Waals surface area (Å²) in [5.41, 5.74) is 1.35. The zero-order chi connectivity index (χ0) is 15.4. The van der Waals surface area contributed by atoms with E-state index in [-0.39, 0.29) is 5.91 Å². The van der Waals surface area contributed by atoms with Crippen LogP contribution < -0.4 is 5.32 Å². The molecular weight excluding hydrogens is 280 g/mol. The number of amides is 1. The number of hydrogen-bond acceptors (Lipinski definition) is 5. The van der Waals surface area contributed by atoms with E-state index in [1.807, 2.05) is 30.3 Å². The number of pyridine rings is 1. The minimum absolute atomic E-state index is 0.236. The van der Waals surface area contributed by atoms with E-state index in [1.165, 1.54) is 6.20 Å². The fourth-order valence-electron chi connectivity index (χ4n) is 1.95. The number of nitrogens with zero attached hydrogens (tertiary/aromatic N) is 3. The maximum absolute atomic E-state index is 12.1. The van der Waals surface area contributed by atoms with Gasteiger partial charge in [0.2, 0.25) is 11.7 Å². The van der Waals surface area contributed by atoms with Gasteiger partial charge in [0, 0.05) is 18.0 Å². The molecule has 1 unspecified atom stereocenters. The molecule has 0 radical (unpaired) electrons. The van der Waals surface area contributed by atoms with Crippen LogP contribution in [-0.4, -0.2) is 21.0 Å². The van der Waals surface area contributed by atoms with Gasteiger partial charge in [0.1, 0.15) is 6.04 Å². The molecule has 0 fully saturated rings. The van der Waals surface area contributed by atoms with E-state index < -0.39 is 6.04 Å². The molecule has 1 aromatic carbocycles. The first-order chi connectivity index (χ1) is 10.7. The summed E-state index contributed by atoms with van der Waals surface area (Å²) in [4.78, 5) is 20.3. The summed E-state index contributed by atoms with van der Waals surface area (Å²) in [6, 6.07) is 12.5. The third-order valence-electron chi connectivity index (χ3n) is 3.12. The Morgan fingerprint density at radius 3 is 2.73 bits per heavy atom. The van der Waals surface area contributed by atoms with E-state index in [4.69, 9.17) is 4.52 Å². The fourth-order valence-corrected chi connectivity index (χ4v) is 1.95. The van der Waals surface area contributed by atoms with Gasteiger partial charge in [-0.25, -0.2) is 0 Å². The van der Waals surface area contributed by atoms with Crippen molar-refractivity contribution in [2.24, 2.45) is 0 Å². The number of carbonyl (C=O) groups is 1. The molecule has 2 aromatic heterocycles. The Hall–Kier alpha value is -3.02. The second-order valence-electron chi connectivity index (χ2n) is 4.76. The van der Waals surface area contributed by atoms with Crippen molar-refractivity contribution in [3.63, 3.8) is 0 Å². The van der Waals surface area contributed by atoms with E-state index >= 15 is 0 Å². The van der Waals surface area contributed by atoms with Gasteiger partial charge < -0.3 is 9.84 Å². The predicted molar refractivity (Wildman–Crippen MR) is 79.9 cm³/mol. The smallest absolute Gasteiger partial charge is 0.253 e. The number of nitrogens with one attached hydrogen (secondary N) is 1. The molecule has 1 atom stereocenters. The summed E-state index contributed by atoms with van der Waals surface area (Å²) in [6.45, 7) is 1.79. The third-order valence-corrected chi connectivity index (χ3v) is 3.12. The van der Waals surface area contributed by atoms with Crippen molar-refractivity contribution in [3.8, 4) is 11.4 Å². The van der Waals surface area contributed by atoms with Crippen molar-refractivity contribution in [1.29, 1.82) is 0 Å². The van der Waals surface area contributed by atoms with Crippen molar-refractivity contribution < 1.29 is 9.32 Å². The molecule has 0 saturated heterocycles. The number of benzene rings is 1. The van der Waals surface area contributed by atoms with Crippen LogP contribution in [0, 0.1) is 0 Å². The second-order valence-corrected chi connectivity index (χ2v) is 4.76. The molecule has 3 rings (SSSR count). The molecule has 6 heteroatoms. The minimum Gasteiger partial charge on any atom is -0.340 e. The minimum atomic E-state index is -0.391. The molecular formula is C16H14N4O2. The normalized spacial score (nSPS) is 11.9. The average Bonchev–Trinajstić information content (AvgIpc) is 3.06. The summed E-state index contributed by atoms with van der Waals surface area (Å²) >= 11 is 0. The fraction of sp³-hybridized carbons (Fsp3) is 0.125. The van der Waals surface area contributed by atoms with Crippen molar-refractivity contribution in [2.45, 2.75) is 13.0 Å². The Balaban J connectivity index is 1.72. The van der Waals surface area contributed by atoms with Gasteiger partial charge in [-0.15, -0.1) is 0 Å². The van der Waals surface area contributed by atoms with Gasteiger partial charge in [0.05, 0.1) is 5.56 Å². The lowest BCUT2D eigenvalue weighted by Gasteiger charge is -2.09. The van der Waals surface area contributed by atoms with Crippen LogP contribution in [0.3, 0.4) is 0 Å². The van der Waals surface area contributed by atoms with Crippen molar-refractivity contribution in [2.75, 3.05) is 0 Å². The predicted octanol–water partition coefficient (Wildman–Crippen LogP) is 2.62. The van der Waals surface area contributed by atoms with Crippen LogP contribution in [-0.2, 0) is 0 Å². The Labute approximate surface area is 127 Å². The Morgan fingerprint density at radius 2 is 2.00 bits per heavy atom. The number of aromatic nitrogens is 3. The lowest BCUT2D eigenvalue weighted by molar-refractivity contribution is 0.0932. The molecule has 0 saturated carbocycles. The molecule has 22 heavy (non-hydrogen) atoms. The van der Waals surface area contributed by atoms with Crippen LogP contribution in [0.15, 0.2) is 59.4 Å². The van der Waals surface area contributed by atoms with Gasteiger partial charge in [0.15, 0.2) is 0 Å². The highest BCUT2D eigenvalue weighted by atomic mass is 16.5. The molecule has 0 aliphatic heterocycles. The van der Waals surface area contributed by atoms with E-state index in [1.54, 1.807) is 25.3 Å². The quantitative estimate of drug-likeness (QED) is 0.800. The van der Waals surface area contributed by atoms with Gasteiger partial charge in [0.25, 0.3) is 5.91 Å². The molecule has 0 aliphatic carbocycles. The number of carbonyl (C=O) groups excluding carboxylic acids is 1. The Kier molecular flexibility index (Phi) is 3.91. The first-order valence-electron chi connectivity index (χ1n) is 6.84. The van der Waals surface area contributed by atoms with E-state index in [2.05, 4.69) is 20.4 Å². The van der Waals surface area contributed by atoms with Crippen molar-refractivity contribution in [1.82, 2.24) is 20.4 Å². The zero-order valence-corrected chi connectivity index (χ0v) is 11.9. The van der Waals surface area contributed by atoms with Gasteiger partial charge in [-0.2, -0.15) is 4.98 Å². The molecule has 0 spiro atoms. The SMILES string of the molecule is CC(NC(=O)c1cccnc1)c1nc(-c2ccccc2)no1. The molecule has 1 amide bonds. The molecule has 3 aromatic rings. The highest BCUT2D eigenvalue weighted by Gasteiger charge is 2.18. The molecule has 0 aliphatic rings. The highest BCUT2D eigenvalue weighted by Crippen LogP contribution is 2.18. The number of rotatable bonds is 4. The first kappa shape index (κ1) is 13.9. The van der Waals surface area contributed by atoms with E-state index in [0.29, 0.717) is 17.3 Å². The first-order valence-corrected chi connectivity index (χ1v) is 6.84. The Bertz CT molecular complexity index is 756. The maximum atomic E-state index is 12.1. The van der Waals surface area contributed by atoms with Crippen molar-refractivity contribution in [3.05, 3.63) is 66.3 Å². The highest BCUT2D eigenvalue weighted by molar-refractivity contribution is 5.93. The van der Waals surface area contributed by atoms with Crippen LogP contribution in [0.2, 0.25) is 0 Å². The third kappa shape index (κ3) is 3.01. The largest absolute Gasteiger partial charge is 0.340 e. The van der Waals surface area contributed by atoms with Crippen LogP contribution in [0.25, 0.3) is 11.4 Å². The molecule has 0 bridgehead atoms. The summed E-state index contributed by atoms with van der Waals surface area (Å²) in [7, 11) is 0. The van der Waals surface area contributed by atoms with E-state index in [0.717, 1.165) is 5.56 Å². The van der Waals surface area contributed by atoms with Gasteiger partial charge >= 0.3 is 0 Å². The van der Waals surface area contributed by atoms with Crippen LogP contribution in [0.5, 0.6) is 0 Å².